The van der Waals surface area contributed by atoms with Gasteiger partial charge in [-0.25, -0.2) is 4.79 Å². The lowest BCUT2D eigenvalue weighted by atomic mass is 9.95. The van der Waals surface area contributed by atoms with Crippen LogP contribution >= 0.6 is 0 Å². The zero-order valence-electron chi connectivity index (χ0n) is 17.6. The number of nitrogens with one attached hydrogen (secondary N) is 1. The Morgan fingerprint density at radius 2 is 1.79 bits per heavy atom. The van der Waals surface area contributed by atoms with Crippen molar-refractivity contribution in [2.75, 3.05) is 44.2 Å². The predicted molar refractivity (Wildman–Crippen MR) is 115 cm³/mol. The Labute approximate surface area is 174 Å². The average molecular weight is 398 g/mol. The fraction of sp³-hybridized carbons (Fsp3) is 0.708. The number of fused-ring (bicyclic) bond motifs is 5. The smallest absolute Gasteiger partial charge is 0.410 e. The van der Waals surface area contributed by atoms with Crippen LogP contribution in [0.2, 0.25) is 0 Å². The van der Waals surface area contributed by atoms with Gasteiger partial charge in [0, 0.05) is 38.4 Å². The number of carbonyl (C=O) groups excluding carboxylic acids is 1. The molecule has 29 heavy (non-hydrogen) atoms. The molecule has 0 spiro atoms. The van der Waals surface area contributed by atoms with Crippen molar-refractivity contribution in [2.45, 2.75) is 63.3 Å². The first-order valence-corrected chi connectivity index (χ1v) is 11.8. The number of hydrogen-bond donors (Lipinski definition) is 1. The molecule has 2 aliphatic carbocycles. The van der Waals surface area contributed by atoms with E-state index in [-0.39, 0.29) is 12.1 Å². The molecule has 158 valence electrons. The van der Waals surface area contributed by atoms with E-state index < -0.39 is 0 Å². The van der Waals surface area contributed by atoms with Gasteiger partial charge in [0.25, 0.3) is 0 Å². The van der Waals surface area contributed by atoms with Gasteiger partial charge in [0.1, 0.15) is 0 Å². The molecule has 5 rings (SSSR count). The third-order valence-electron chi connectivity index (χ3n) is 7.61. The molecule has 3 fully saturated rings. The summed E-state index contributed by atoms with van der Waals surface area (Å²) in [6, 6.07) is 7.19. The van der Waals surface area contributed by atoms with Crippen LogP contribution in [0.3, 0.4) is 0 Å². The van der Waals surface area contributed by atoms with Gasteiger partial charge in [-0.05, 0) is 60.8 Å². The standard InChI is InChI=1S/C24H35N3O2/c28-24(29-17-18-5-3-1-2-4-6-18)27-12-9-19-15-23(27)22-16-20(7-8-21(19)22)26-13-10-25-11-14-26/h7-8,16,18-19,23,25H,1-6,9-15,17H2/t19-,23?/m0/s1. The molecule has 1 saturated carbocycles. The molecule has 2 saturated heterocycles. The van der Waals surface area contributed by atoms with Crippen LogP contribution in [0, 0.1) is 5.92 Å². The highest BCUT2D eigenvalue weighted by molar-refractivity contribution is 5.70. The number of carbonyl (C=O) groups is 1. The highest BCUT2D eigenvalue weighted by atomic mass is 16.6. The summed E-state index contributed by atoms with van der Waals surface area (Å²) >= 11 is 0. The molecule has 2 heterocycles. The number of ether oxygens (including phenoxy) is 1. The highest BCUT2D eigenvalue weighted by Gasteiger charge is 2.41. The van der Waals surface area contributed by atoms with E-state index in [9.17, 15) is 4.79 Å². The molecule has 1 N–H and O–H groups in total. The zero-order valence-corrected chi connectivity index (χ0v) is 17.6. The van der Waals surface area contributed by atoms with Crippen LogP contribution in [0.5, 0.6) is 0 Å². The van der Waals surface area contributed by atoms with Crippen molar-refractivity contribution in [1.29, 1.82) is 0 Å². The average Bonchev–Trinajstić information content (AvgIpc) is 2.93. The second-order valence-electron chi connectivity index (χ2n) is 9.42. The first-order valence-electron chi connectivity index (χ1n) is 11.8. The Bertz CT molecular complexity index is 723. The number of nitrogens with zero attached hydrogens (tertiary/aromatic N) is 2. The summed E-state index contributed by atoms with van der Waals surface area (Å²) in [5.74, 6) is 1.17. The third-order valence-corrected chi connectivity index (χ3v) is 7.61. The van der Waals surface area contributed by atoms with Gasteiger partial charge < -0.3 is 19.9 Å². The maximum absolute atomic E-state index is 13.0. The molecule has 1 aromatic rings. The summed E-state index contributed by atoms with van der Waals surface area (Å²) in [5.41, 5.74) is 4.15. The lowest BCUT2D eigenvalue weighted by molar-refractivity contribution is 0.0613. The van der Waals surface area contributed by atoms with Crippen molar-refractivity contribution in [1.82, 2.24) is 10.2 Å². The topological polar surface area (TPSA) is 44.8 Å². The lowest BCUT2D eigenvalue weighted by Gasteiger charge is -2.34. The number of likely N-dealkylation sites (tertiary alicyclic amines) is 1. The van der Waals surface area contributed by atoms with Crippen molar-refractivity contribution in [3.8, 4) is 0 Å². The third kappa shape index (κ3) is 3.98. The van der Waals surface area contributed by atoms with Crippen LogP contribution in [0.15, 0.2) is 18.2 Å². The second kappa shape index (κ2) is 8.55. The van der Waals surface area contributed by atoms with Crippen molar-refractivity contribution in [2.24, 2.45) is 5.92 Å². The van der Waals surface area contributed by atoms with Crippen LogP contribution in [0.4, 0.5) is 10.5 Å². The normalized spacial score (nSPS) is 27.4. The lowest BCUT2D eigenvalue weighted by Crippen LogP contribution is -2.43. The zero-order chi connectivity index (χ0) is 19.6. The molecule has 1 aromatic carbocycles. The minimum atomic E-state index is -0.0851. The maximum Gasteiger partial charge on any atom is 0.410 e. The summed E-state index contributed by atoms with van der Waals surface area (Å²) in [4.78, 5) is 17.5. The fourth-order valence-corrected chi connectivity index (χ4v) is 5.91. The molecular formula is C24H35N3O2. The number of rotatable bonds is 3. The van der Waals surface area contributed by atoms with Gasteiger partial charge in [-0.15, -0.1) is 0 Å². The number of anilines is 1. The fourth-order valence-electron chi connectivity index (χ4n) is 5.91. The SMILES string of the molecule is O=C(OCC1CCCCCC1)N1CC[C@H]2CC1c1cc(N3CCNCC3)ccc12. The summed E-state index contributed by atoms with van der Waals surface area (Å²) in [6.45, 7) is 5.64. The number of piperazine rings is 1. The van der Waals surface area contributed by atoms with Gasteiger partial charge in [-0.1, -0.05) is 31.7 Å². The number of benzene rings is 1. The maximum atomic E-state index is 13.0. The molecule has 5 heteroatoms. The molecule has 5 nitrogen and oxygen atoms in total. The molecule has 2 bridgehead atoms. The molecule has 0 radical (unpaired) electrons. The summed E-state index contributed by atoms with van der Waals surface area (Å²) in [5, 5.41) is 3.43. The quantitative estimate of drug-likeness (QED) is 0.766. The van der Waals surface area contributed by atoms with Crippen LogP contribution < -0.4 is 10.2 Å². The van der Waals surface area contributed by atoms with E-state index in [1.54, 1.807) is 0 Å². The first-order chi connectivity index (χ1) is 14.3. The van der Waals surface area contributed by atoms with E-state index in [0.29, 0.717) is 18.4 Å². The van der Waals surface area contributed by atoms with Crippen LogP contribution in [-0.4, -0.2) is 50.3 Å². The van der Waals surface area contributed by atoms with E-state index in [1.807, 2.05) is 4.90 Å². The Kier molecular flexibility index (Phi) is 5.67. The van der Waals surface area contributed by atoms with Gasteiger partial charge in [0.2, 0.25) is 0 Å². The van der Waals surface area contributed by atoms with E-state index in [4.69, 9.17) is 4.74 Å². The van der Waals surface area contributed by atoms with Gasteiger partial charge in [-0.2, -0.15) is 0 Å². The molecule has 2 atom stereocenters. The van der Waals surface area contributed by atoms with Crippen molar-refractivity contribution >= 4 is 11.8 Å². The molecule has 1 amide bonds. The van der Waals surface area contributed by atoms with Crippen LogP contribution in [0.25, 0.3) is 0 Å². The first kappa shape index (κ1) is 19.2. The molecular weight excluding hydrogens is 362 g/mol. The minimum Gasteiger partial charge on any atom is -0.449 e. The summed E-state index contributed by atoms with van der Waals surface area (Å²) in [7, 11) is 0. The number of piperidine rings is 1. The Hall–Kier alpha value is -1.75. The number of hydrogen-bond acceptors (Lipinski definition) is 4. The van der Waals surface area contributed by atoms with Crippen LogP contribution in [0.1, 0.15) is 74.5 Å². The van der Waals surface area contributed by atoms with Gasteiger partial charge in [0.15, 0.2) is 0 Å². The predicted octanol–water partition coefficient (Wildman–Crippen LogP) is 4.44. The van der Waals surface area contributed by atoms with Crippen molar-refractivity contribution < 1.29 is 9.53 Å². The molecule has 1 unspecified atom stereocenters. The summed E-state index contributed by atoms with van der Waals surface area (Å²) in [6.07, 6.45) is 9.74. The molecule has 4 aliphatic rings. The van der Waals surface area contributed by atoms with Crippen molar-refractivity contribution in [3.63, 3.8) is 0 Å². The second-order valence-corrected chi connectivity index (χ2v) is 9.42. The van der Waals surface area contributed by atoms with E-state index in [1.165, 1.54) is 55.3 Å². The molecule has 2 aliphatic heterocycles. The Morgan fingerprint density at radius 1 is 1.00 bits per heavy atom. The van der Waals surface area contributed by atoms with Gasteiger partial charge in [0.05, 0.1) is 12.6 Å². The monoisotopic (exact) mass is 397 g/mol. The number of amides is 1. The van der Waals surface area contributed by atoms with Gasteiger partial charge >= 0.3 is 6.09 Å². The van der Waals surface area contributed by atoms with Crippen LogP contribution in [-0.2, 0) is 4.74 Å². The highest BCUT2D eigenvalue weighted by Crippen LogP contribution is 2.50. The Balaban J connectivity index is 1.28. The van der Waals surface area contributed by atoms with E-state index in [2.05, 4.69) is 28.4 Å². The Morgan fingerprint density at radius 3 is 2.59 bits per heavy atom. The van der Waals surface area contributed by atoms with Crippen molar-refractivity contribution in [3.05, 3.63) is 29.3 Å². The van der Waals surface area contributed by atoms with E-state index in [0.717, 1.165) is 45.6 Å². The minimum absolute atomic E-state index is 0.0851. The summed E-state index contributed by atoms with van der Waals surface area (Å²) < 4.78 is 5.86. The van der Waals surface area contributed by atoms with Gasteiger partial charge in [-0.3, -0.25) is 0 Å². The largest absolute Gasteiger partial charge is 0.449 e. The van der Waals surface area contributed by atoms with E-state index >= 15 is 0 Å². The molecule has 0 aromatic heterocycles.